The third-order valence-corrected chi connectivity index (χ3v) is 7.63. The lowest BCUT2D eigenvalue weighted by molar-refractivity contribution is -0.207. The molecule has 0 fully saturated rings. The SMILES string of the molecule is CC(CO)C(OC(=O)c1ccccc1)C(OC(=O)c1ccccc1)C(OC(=O)c1ccccc1)C(O)OCCCNC(=O)OCc1ccccc1. The Labute approximate surface area is 295 Å². The average molecular weight is 700 g/mol. The van der Waals surface area contributed by atoms with E-state index in [9.17, 15) is 29.4 Å². The lowest BCUT2D eigenvalue weighted by Crippen LogP contribution is -2.54. The van der Waals surface area contributed by atoms with Crippen molar-refractivity contribution < 1.29 is 53.1 Å². The molecule has 4 aromatic carbocycles. The predicted octanol–water partition coefficient (Wildman–Crippen LogP) is 4.94. The first-order valence-corrected chi connectivity index (χ1v) is 16.4. The van der Waals surface area contributed by atoms with E-state index in [-0.39, 0.29) is 42.9 Å². The molecule has 0 saturated carbocycles. The third-order valence-electron chi connectivity index (χ3n) is 7.63. The number of hydrogen-bond donors (Lipinski definition) is 3. The van der Waals surface area contributed by atoms with Gasteiger partial charge in [-0.1, -0.05) is 91.9 Å². The minimum Gasteiger partial charge on any atom is -0.454 e. The van der Waals surface area contributed by atoms with E-state index in [2.05, 4.69) is 5.32 Å². The fraction of sp³-hybridized carbons (Fsp3) is 0.282. The molecule has 0 saturated heterocycles. The van der Waals surface area contributed by atoms with E-state index < -0.39 is 61.1 Å². The topological polar surface area (TPSA) is 167 Å². The van der Waals surface area contributed by atoms with E-state index in [4.69, 9.17) is 23.7 Å². The Hall–Kier alpha value is -5.56. The average Bonchev–Trinajstić information content (AvgIpc) is 3.18. The van der Waals surface area contributed by atoms with E-state index in [0.717, 1.165) is 5.56 Å². The van der Waals surface area contributed by atoms with Crippen molar-refractivity contribution in [3.8, 4) is 0 Å². The molecule has 0 bridgehead atoms. The number of carbonyl (C=O) groups is 4. The second kappa shape index (κ2) is 20.2. The normalized spacial score (nSPS) is 13.8. The molecule has 4 aromatic rings. The molecule has 268 valence electrons. The summed E-state index contributed by atoms with van der Waals surface area (Å²) in [7, 11) is 0. The van der Waals surface area contributed by atoms with Crippen molar-refractivity contribution in [1.29, 1.82) is 0 Å². The zero-order valence-electron chi connectivity index (χ0n) is 28.0. The lowest BCUT2D eigenvalue weighted by Gasteiger charge is -2.36. The van der Waals surface area contributed by atoms with Gasteiger partial charge in [0.15, 0.2) is 18.5 Å². The number of esters is 3. The van der Waals surface area contributed by atoms with E-state index in [0.29, 0.717) is 0 Å². The maximum Gasteiger partial charge on any atom is 0.407 e. The van der Waals surface area contributed by atoms with Gasteiger partial charge >= 0.3 is 24.0 Å². The van der Waals surface area contributed by atoms with Crippen LogP contribution in [-0.2, 0) is 30.3 Å². The molecule has 5 unspecified atom stereocenters. The number of benzene rings is 4. The number of alkyl carbamates (subject to hydrolysis) is 1. The Morgan fingerprint density at radius 3 is 1.53 bits per heavy atom. The van der Waals surface area contributed by atoms with E-state index in [1.165, 1.54) is 43.3 Å². The van der Waals surface area contributed by atoms with Crippen LogP contribution >= 0.6 is 0 Å². The summed E-state index contributed by atoms with van der Waals surface area (Å²) >= 11 is 0. The molecular weight excluding hydrogens is 658 g/mol. The Kier molecular flexibility index (Phi) is 15.1. The summed E-state index contributed by atoms with van der Waals surface area (Å²) in [6.45, 7) is 1.05. The third kappa shape index (κ3) is 12.1. The molecule has 4 rings (SSSR count). The van der Waals surface area contributed by atoms with Crippen molar-refractivity contribution >= 4 is 24.0 Å². The van der Waals surface area contributed by atoms with Gasteiger partial charge in [-0.15, -0.1) is 0 Å². The number of nitrogens with one attached hydrogen (secondary N) is 1. The van der Waals surface area contributed by atoms with Crippen LogP contribution < -0.4 is 5.32 Å². The number of carbonyl (C=O) groups excluding carboxylic acids is 4. The summed E-state index contributed by atoms with van der Waals surface area (Å²) in [6.07, 6.45) is -7.27. The Morgan fingerprint density at radius 1 is 0.627 bits per heavy atom. The maximum absolute atomic E-state index is 13.5. The monoisotopic (exact) mass is 699 g/mol. The minimum absolute atomic E-state index is 0.0850. The molecular formula is C39H41NO11. The molecule has 0 aliphatic heterocycles. The molecule has 12 nitrogen and oxygen atoms in total. The summed E-state index contributed by atoms with van der Waals surface area (Å²) in [6, 6.07) is 33.0. The quantitative estimate of drug-likeness (QED) is 0.0557. The zero-order valence-corrected chi connectivity index (χ0v) is 28.0. The van der Waals surface area contributed by atoms with Gasteiger partial charge in [-0.25, -0.2) is 19.2 Å². The highest BCUT2D eigenvalue weighted by Crippen LogP contribution is 2.26. The van der Waals surface area contributed by atoms with Crippen molar-refractivity contribution in [1.82, 2.24) is 5.32 Å². The summed E-state index contributed by atoms with van der Waals surface area (Å²) < 4.78 is 28.4. The standard InChI is InChI=1S/C39H41NO11/c1-27(25-41)32(49-35(42)29-17-8-3-9-18-29)33(50-36(43)30-19-10-4-11-20-30)34(51-37(44)31-21-12-5-13-22-31)38(45)47-24-14-23-40-39(46)48-26-28-15-6-2-7-16-28/h2-13,15-22,27,32-34,38,41,45H,14,23-26H2,1H3,(H,40,46). The maximum atomic E-state index is 13.5. The van der Waals surface area contributed by atoms with Crippen molar-refractivity contribution in [2.45, 2.75) is 44.6 Å². The van der Waals surface area contributed by atoms with Gasteiger partial charge < -0.3 is 39.2 Å². The molecule has 1 amide bonds. The van der Waals surface area contributed by atoms with Gasteiger partial charge in [-0.3, -0.25) is 0 Å². The van der Waals surface area contributed by atoms with Gasteiger partial charge in [0.2, 0.25) is 0 Å². The van der Waals surface area contributed by atoms with Crippen LogP contribution in [0, 0.1) is 5.92 Å². The van der Waals surface area contributed by atoms with Crippen LogP contribution in [0.1, 0.15) is 50.0 Å². The Bertz CT molecular complexity index is 1660. The Balaban J connectivity index is 1.55. The molecule has 0 radical (unpaired) electrons. The van der Waals surface area contributed by atoms with E-state index >= 15 is 0 Å². The summed E-state index contributed by atoms with van der Waals surface area (Å²) in [5.74, 6) is -3.47. The van der Waals surface area contributed by atoms with Gasteiger partial charge in [0.25, 0.3) is 0 Å². The van der Waals surface area contributed by atoms with Crippen molar-refractivity contribution in [2.24, 2.45) is 5.92 Å². The predicted molar refractivity (Wildman–Crippen MR) is 184 cm³/mol. The van der Waals surface area contributed by atoms with Gasteiger partial charge in [0.1, 0.15) is 12.7 Å². The van der Waals surface area contributed by atoms with Gasteiger partial charge in [0, 0.05) is 19.1 Å². The second-order valence-corrected chi connectivity index (χ2v) is 11.5. The van der Waals surface area contributed by atoms with Crippen LogP contribution in [0.25, 0.3) is 0 Å². The fourth-order valence-corrected chi connectivity index (χ4v) is 4.85. The van der Waals surface area contributed by atoms with Gasteiger partial charge in [-0.05, 0) is 48.4 Å². The molecule has 5 atom stereocenters. The van der Waals surface area contributed by atoms with E-state index in [1.807, 2.05) is 30.3 Å². The van der Waals surface area contributed by atoms with Crippen LogP contribution in [0.5, 0.6) is 0 Å². The summed E-state index contributed by atoms with van der Waals surface area (Å²) in [4.78, 5) is 52.3. The van der Waals surface area contributed by atoms with Crippen molar-refractivity contribution in [2.75, 3.05) is 19.8 Å². The summed E-state index contributed by atoms with van der Waals surface area (Å²) in [5.41, 5.74) is 1.24. The number of ether oxygens (including phenoxy) is 5. The zero-order chi connectivity index (χ0) is 36.4. The van der Waals surface area contributed by atoms with Crippen molar-refractivity contribution in [3.63, 3.8) is 0 Å². The lowest BCUT2D eigenvalue weighted by atomic mass is 9.95. The van der Waals surface area contributed by atoms with Crippen LogP contribution in [-0.4, -0.2) is 78.6 Å². The largest absolute Gasteiger partial charge is 0.454 e. The number of rotatable bonds is 18. The van der Waals surface area contributed by atoms with E-state index in [1.54, 1.807) is 54.6 Å². The first-order chi connectivity index (χ1) is 24.8. The van der Waals surface area contributed by atoms with Crippen LogP contribution in [0.3, 0.4) is 0 Å². The summed E-state index contributed by atoms with van der Waals surface area (Å²) in [5, 5.41) is 24.3. The minimum atomic E-state index is -1.93. The molecule has 0 aromatic heterocycles. The van der Waals surface area contributed by atoms with Gasteiger partial charge in [-0.2, -0.15) is 0 Å². The highest BCUT2D eigenvalue weighted by Gasteiger charge is 2.45. The van der Waals surface area contributed by atoms with Gasteiger partial charge in [0.05, 0.1) is 23.3 Å². The highest BCUT2D eigenvalue weighted by molar-refractivity contribution is 5.91. The molecule has 51 heavy (non-hydrogen) atoms. The molecule has 12 heteroatoms. The first kappa shape index (κ1) is 38.2. The number of aliphatic hydroxyl groups excluding tert-OH is 2. The number of amides is 1. The second-order valence-electron chi connectivity index (χ2n) is 11.5. The molecule has 0 spiro atoms. The Morgan fingerprint density at radius 2 is 1.06 bits per heavy atom. The number of aliphatic hydroxyl groups is 2. The van der Waals surface area contributed by atoms with Crippen LogP contribution in [0.4, 0.5) is 4.79 Å². The van der Waals surface area contributed by atoms with Crippen LogP contribution in [0.2, 0.25) is 0 Å². The number of hydrogen-bond acceptors (Lipinski definition) is 11. The molecule has 0 heterocycles. The smallest absolute Gasteiger partial charge is 0.407 e. The fourth-order valence-electron chi connectivity index (χ4n) is 4.85. The molecule has 3 N–H and O–H groups in total. The van der Waals surface area contributed by atoms with Crippen LogP contribution in [0.15, 0.2) is 121 Å². The highest BCUT2D eigenvalue weighted by atomic mass is 16.7. The van der Waals surface area contributed by atoms with Crippen molar-refractivity contribution in [3.05, 3.63) is 144 Å². The first-order valence-electron chi connectivity index (χ1n) is 16.4. The molecule has 0 aliphatic carbocycles. The molecule has 0 aliphatic rings.